The number of aliphatic imine (C=N–C) groups is 1. The van der Waals surface area contributed by atoms with Crippen molar-refractivity contribution < 1.29 is 18.0 Å². The summed E-state index contributed by atoms with van der Waals surface area (Å²) in [5.41, 5.74) is 4.97. The average molecular weight is 446 g/mol. The molecule has 1 amide bonds. The van der Waals surface area contributed by atoms with E-state index in [1.807, 2.05) is 33.8 Å². The molecule has 32 heavy (non-hydrogen) atoms. The van der Waals surface area contributed by atoms with Crippen molar-refractivity contribution in [2.45, 2.75) is 52.1 Å². The highest BCUT2D eigenvalue weighted by atomic mass is 19.4. The van der Waals surface area contributed by atoms with Gasteiger partial charge in [0.1, 0.15) is 12.0 Å². The largest absolute Gasteiger partial charge is 0.416 e. The molecule has 0 aromatic heterocycles. The molecule has 1 aromatic rings. The van der Waals surface area contributed by atoms with E-state index in [-0.39, 0.29) is 23.6 Å². The Hall–Kier alpha value is -3.27. The van der Waals surface area contributed by atoms with E-state index in [9.17, 15) is 18.0 Å². The summed E-state index contributed by atoms with van der Waals surface area (Å²) in [4.78, 5) is 17.0. The zero-order chi connectivity index (χ0) is 23.2. The van der Waals surface area contributed by atoms with Crippen LogP contribution in [0.2, 0.25) is 0 Å². The number of amidine groups is 1. The van der Waals surface area contributed by atoms with Gasteiger partial charge >= 0.3 is 6.18 Å². The van der Waals surface area contributed by atoms with Crippen LogP contribution in [0.3, 0.4) is 0 Å². The minimum Gasteiger partial charge on any atom is -0.364 e. The van der Waals surface area contributed by atoms with E-state index in [1.54, 1.807) is 17.3 Å². The smallest absolute Gasteiger partial charge is 0.364 e. The van der Waals surface area contributed by atoms with Gasteiger partial charge in [0.2, 0.25) is 0 Å². The summed E-state index contributed by atoms with van der Waals surface area (Å²) in [6, 6.07) is 4.77. The maximum atomic E-state index is 13.7. The number of benzene rings is 1. The SMILES string of the molecule is CC1=CC(C)NC(C(=O)NC2=CNC3C(C)=C(C)C(c4ccccc4C(F)(F)F)NN23)=N1. The number of rotatable bonds is 3. The molecule has 4 rings (SSSR count). The predicted octanol–water partition coefficient (Wildman–Crippen LogP) is 3.04. The van der Waals surface area contributed by atoms with Crippen molar-refractivity contribution in [3.63, 3.8) is 0 Å². The van der Waals surface area contributed by atoms with Gasteiger partial charge in [-0.1, -0.05) is 18.2 Å². The molecule has 0 fully saturated rings. The lowest BCUT2D eigenvalue weighted by molar-refractivity contribution is -0.138. The van der Waals surface area contributed by atoms with Gasteiger partial charge in [-0.25, -0.2) is 10.4 Å². The number of amides is 1. The van der Waals surface area contributed by atoms with E-state index in [2.05, 4.69) is 26.4 Å². The second-order valence-corrected chi connectivity index (χ2v) is 8.14. The number of carbonyl (C=O) groups is 1. The van der Waals surface area contributed by atoms with Crippen LogP contribution in [-0.4, -0.2) is 29.0 Å². The first-order valence-electron chi connectivity index (χ1n) is 10.3. The quantitative estimate of drug-likeness (QED) is 0.537. The van der Waals surface area contributed by atoms with Gasteiger partial charge in [0.05, 0.1) is 11.6 Å². The molecule has 3 aliphatic heterocycles. The van der Waals surface area contributed by atoms with Crippen molar-refractivity contribution in [1.29, 1.82) is 0 Å². The van der Waals surface area contributed by atoms with E-state index in [1.165, 1.54) is 12.1 Å². The van der Waals surface area contributed by atoms with E-state index < -0.39 is 23.7 Å². The second-order valence-electron chi connectivity index (χ2n) is 8.14. The van der Waals surface area contributed by atoms with Gasteiger partial charge < -0.3 is 16.0 Å². The van der Waals surface area contributed by atoms with Crippen LogP contribution in [0.5, 0.6) is 0 Å². The number of fused-ring (bicyclic) bond motifs is 1. The molecule has 3 unspecified atom stereocenters. The summed E-state index contributed by atoms with van der Waals surface area (Å²) in [5.74, 6) is 0.142. The van der Waals surface area contributed by atoms with Crippen molar-refractivity contribution in [2.75, 3.05) is 0 Å². The Morgan fingerprint density at radius 2 is 1.88 bits per heavy atom. The Kier molecular flexibility index (Phi) is 5.49. The number of halogens is 3. The Morgan fingerprint density at radius 1 is 1.16 bits per heavy atom. The zero-order valence-corrected chi connectivity index (χ0v) is 18.1. The van der Waals surface area contributed by atoms with E-state index >= 15 is 0 Å². The summed E-state index contributed by atoms with van der Waals surface area (Å²) in [6.45, 7) is 7.39. The van der Waals surface area contributed by atoms with Gasteiger partial charge in [0, 0.05) is 17.9 Å². The molecule has 170 valence electrons. The van der Waals surface area contributed by atoms with Gasteiger partial charge in [-0.3, -0.25) is 9.80 Å². The third-order valence-corrected chi connectivity index (χ3v) is 5.81. The zero-order valence-electron chi connectivity index (χ0n) is 18.1. The number of carbonyl (C=O) groups excluding carboxylic acids is 1. The molecule has 0 bridgehead atoms. The normalized spacial score (nSPS) is 25.3. The monoisotopic (exact) mass is 446 g/mol. The number of allylic oxidation sites excluding steroid dienone is 1. The van der Waals surface area contributed by atoms with E-state index in [0.717, 1.165) is 22.9 Å². The van der Waals surface area contributed by atoms with Gasteiger partial charge in [0.15, 0.2) is 5.84 Å². The van der Waals surface area contributed by atoms with Gasteiger partial charge in [0.25, 0.3) is 5.91 Å². The third-order valence-electron chi connectivity index (χ3n) is 5.81. The number of alkyl halides is 3. The van der Waals surface area contributed by atoms with Crippen molar-refractivity contribution in [3.8, 4) is 0 Å². The number of hydrazine groups is 1. The molecule has 3 heterocycles. The molecule has 10 heteroatoms. The lowest BCUT2D eigenvalue weighted by atomic mass is 9.90. The van der Waals surface area contributed by atoms with Crippen molar-refractivity contribution in [3.05, 3.63) is 70.3 Å². The molecule has 4 N–H and O–H groups in total. The highest BCUT2D eigenvalue weighted by Gasteiger charge is 2.41. The summed E-state index contributed by atoms with van der Waals surface area (Å²) in [5, 5.41) is 10.6. The van der Waals surface area contributed by atoms with Crippen molar-refractivity contribution >= 4 is 11.7 Å². The lowest BCUT2D eigenvalue weighted by Crippen LogP contribution is -2.55. The molecule has 3 atom stereocenters. The maximum Gasteiger partial charge on any atom is 0.416 e. The molecule has 0 saturated carbocycles. The molecule has 7 nitrogen and oxygen atoms in total. The Labute approximate surface area is 184 Å². The van der Waals surface area contributed by atoms with Crippen LogP contribution in [0.25, 0.3) is 0 Å². The molecular weight excluding hydrogens is 421 g/mol. The minimum absolute atomic E-state index is 0.0409. The molecule has 1 aromatic carbocycles. The van der Waals surface area contributed by atoms with Crippen LogP contribution in [-0.2, 0) is 11.0 Å². The van der Waals surface area contributed by atoms with Crippen LogP contribution in [0.1, 0.15) is 44.9 Å². The number of hydrogen-bond donors (Lipinski definition) is 4. The standard InChI is InChI=1S/C22H25F3N6O/c1-11-9-12(2)28-19(27-11)21(32)29-17-10-26-20-14(4)13(3)18(30-31(17)20)15-7-5-6-8-16(15)22(23,24)25/h5-11,18,20,26,30H,1-4H3,(H,27,28)(H,29,32). The van der Waals surface area contributed by atoms with E-state index in [0.29, 0.717) is 5.82 Å². The van der Waals surface area contributed by atoms with Crippen LogP contribution in [0.15, 0.2) is 64.2 Å². The number of nitrogens with zero attached hydrogens (tertiary/aromatic N) is 2. The Morgan fingerprint density at radius 3 is 2.56 bits per heavy atom. The fraction of sp³-hybridized carbons (Fsp3) is 0.364. The first-order chi connectivity index (χ1) is 15.1. The Balaban J connectivity index is 1.60. The molecule has 0 aliphatic carbocycles. The minimum atomic E-state index is -4.48. The van der Waals surface area contributed by atoms with Crippen molar-refractivity contribution in [2.24, 2.45) is 4.99 Å². The first-order valence-corrected chi connectivity index (χ1v) is 10.3. The highest BCUT2D eigenvalue weighted by molar-refractivity contribution is 6.38. The van der Waals surface area contributed by atoms with E-state index in [4.69, 9.17) is 0 Å². The van der Waals surface area contributed by atoms with Gasteiger partial charge in [-0.2, -0.15) is 13.2 Å². The average Bonchev–Trinajstić information content (AvgIpc) is 3.12. The topological polar surface area (TPSA) is 80.8 Å². The Bertz CT molecular complexity index is 1070. The summed E-state index contributed by atoms with van der Waals surface area (Å²) in [6.07, 6.45) is -1.29. The first kappa shape index (κ1) is 21.9. The lowest BCUT2D eigenvalue weighted by Gasteiger charge is -2.41. The third kappa shape index (κ3) is 3.97. The fourth-order valence-electron chi connectivity index (χ4n) is 4.15. The highest BCUT2D eigenvalue weighted by Crippen LogP contribution is 2.40. The van der Waals surface area contributed by atoms with Crippen LogP contribution in [0, 0.1) is 0 Å². The maximum absolute atomic E-state index is 13.7. The molecule has 0 radical (unpaired) electrons. The second kappa shape index (κ2) is 8.01. The summed E-state index contributed by atoms with van der Waals surface area (Å²) in [7, 11) is 0. The molecule has 3 aliphatic rings. The van der Waals surface area contributed by atoms with Crippen LogP contribution >= 0.6 is 0 Å². The number of nitrogens with one attached hydrogen (secondary N) is 4. The van der Waals surface area contributed by atoms with Crippen molar-refractivity contribution in [1.82, 2.24) is 26.4 Å². The molecule has 0 spiro atoms. The van der Waals surface area contributed by atoms with Gasteiger partial charge in [-0.05, 0) is 56.5 Å². The molecule has 0 saturated heterocycles. The van der Waals surface area contributed by atoms with Crippen LogP contribution in [0.4, 0.5) is 13.2 Å². The summed E-state index contributed by atoms with van der Waals surface area (Å²) >= 11 is 0. The predicted molar refractivity (Wildman–Crippen MR) is 114 cm³/mol. The van der Waals surface area contributed by atoms with Crippen LogP contribution < -0.4 is 21.4 Å². The van der Waals surface area contributed by atoms with Gasteiger partial charge in [-0.15, -0.1) is 0 Å². The molecular formula is C22H25F3N6O. The summed E-state index contributed by atoms with van der Waals surface area (Å²) < 4.78 is 41.0. The fourth-order valence-corrected chi connectivity index (χ4v) is 4.15. The number of hydrogen-bond acceptors (Lipinski definition) is 6.